The summed E-state index contributed by atoms with van der Waals surface area (Å²) >= 11 is 0. The number of ether oxygens (including phenoxy) is 1. The molecule has 0 radical (unpaired) electrons. The molecule has 7 nitrogen and oxygen atoms in total. The zero-order chi connectivity index (χ0) is 18.1. The molecule has 0 unspecified atom stereocenters. The molecule has 0 atom stereocenters. The van der Waals surface area contributed by atoms with Crippen molar-refractivity contribution in [3.63, 3.8) is 0 Å². The minimum atomic E-state index is 0.510. The topological polar surface area (TPSA) is 76.4 Å². The van der Waals surface area contributed by atoms with Crippen LogP contribution in [0.3, 0.4) is 0 Å². The van der Waals surface area contributed by atoms with Gasteiger partial charge in [-0.2, -0.15) is 0 Å². The molecule has 2 rings (SSSR count). The van der Waals surface area contributed by atoms with Gasteiger partial charge in [0.05, 0.1) is 0 Å². The van der Waals surface area contributed by atoms with Gasteiger partial charge < -0.3 is 19.9 Å². The van der Waals surface area contributed by atoms with Crippen molar-refractivity contribution >= 4 is 5.96 Å². The van der Waals surface area contributed by atoms with E-state index in [9.17, 15) is 0 Å². The van der Waals surface area contributed by atoms with Crippen molar-refractivity contribution in [3.8, 4) is 0 Å². The summed E-state index contributed by atoms with van der Waals surface area (Å²) in [6.07, 6.45) is 5.97. The van der Waals surface area contributed by atoms with Gasteiger partial charge in [0.2, 0.25) is 0 Å². The van der Waals surface area contributed by atoms with Crippen molar-refractivity contribution in [1.82, 2.24) is 25.4 Å². The Hall–Kier alpha value is -1.63. The average molecular weight is 351 g/mol. The van der Waals surface area contributed by atoms with Gasteiger partial charge in [0.15, 0.2) is 11.8 Å². The summed E-state index contributed by atoms with van der Waals surface area (Å²) in [5.41, 5.74) is 0. The first-order valence-electron chi connectivity index (χ1n) is 9.57. The van der Waals surface area contributed by atoms with Crippen molar-refractivity contribution in [3.05, 3.63) is 11.6 Å². The number of aryl methyl sites for hydroxylation is 1. The van der Waals surface area contributed by atoms with E-state index in [4.69, 9.17) is 9.73 Å². The Morgan fingerprint density at radius 1 is 1.28 bits per heavy atom. The highest BCUT2D eigenvalue weighted by atomic mass is 16.5. The number of hydrogen-bond donors (Lipinski definition) is 2. The van der Waals surface area contributed by atoms with Crippen LogP contribution >= 0.6 is 0 Å². The van der Waals surface area contributed by atoms with Crippen molar-refractivity contribution in [2.45, 2.75) is 65.5 Å². The monoisotopic (exact) mass is 350 g/mol. The smallest absolute Gasteiger partial charge is 0.191 e. The van der Waals surface area contributed by atoms with Gasteiger partial charge in [0.25, 0.3) is 0 Å². The third-order valence-electron chi connectivity index (χ3n) is 4.88. The molecular weight excluding hydrogens is 316 g/mol. The molecule has 1 aromatic rings. The summed E-state index contributed by atoms with van der Waals surface area (Å²) in [5.74, 6) is 3.51. The van der Waals surface area contributed by atoms with Gasteiger partial charge >= 0.3 is 0 Å². The molecule has 2 N–H and O–H groups in total. The Labute approximate surface area is 151 Å². The average Bonchev–Trinajstić information content (AvgIpc) is 2.93. The van der Waals surface area contributed by atoms with Crippen LogP contribution < -0.4 is 10.6 Å². The molecule has 0 aliphatic heterocycles. The molecule has 0 bridgehead atoms. The van der Waals surface area contributed by atoms with Gasteiger partial charge in [-0.05, 0) is 51.9 Å². The molecular formula is C18H34N6O. The largest absolute Gasteiger partial charge is 0.382 e. The van der Waals surface area contributed by atoms with Gasteiger partial charge in [-0.15, -0.1) is 10.2 Å². The molecule has 1 aliphatic rings. The van der Waals surface area contributed by atoms with Crippen LogP contribution in [0.25, 0.3) is 0 Å². The number of rotatable bonds is 8. The molecule has 142 valence electrons. The van der Waals surface area contributed by atoms with E-state index in [-0.39, 0.29) is 0 Å². The van der Waals surface area contributed by atoms with Gasteiger partial charge in [-0.25, -0.2) is 4.99 Å². The summed E-state index contributed by atoms with van der Waals surface area (Å²) in [4.78, 5) is 4.73. The first-order chi connectivity index (χ1) is 12.1. The van der Waals surface area contributed by atoms with Crippen LogP contribution in [0.2, 0.25) is 0 Å². The van der Waals surface area contributed by atoms with Crippen LogP contribution in [0.5, 0.6) is 0 Å². The van der Waals surface area contributed by atoms with E-state index in [1.807, 2.05) is 25.5 Å². The third kappa shape index (κ3) is 6.65. The maximum Gasteiger partial charge on any atom is 0.191 e. The fourth-order valence-electron chi connectivity index (χ4n) is 3.01. The van der Waals surface area contributed by atoms with Crippen LogP contribution in [-0.4, -0.2) is 46.5 Å². The lowest BCUT2D eigenvalue weighted by Gasteiger charge is -2.28. The molecule has 1 aliphatic carbocycles. The van der Waals surface area contributed by atoms with E-state index in [1.165, 1.54) is 25.7 Å². The highest BCUT2D eigenvalue weighted by Crippen LogP contribution is 2.23. The second-order valence-electron chi connectivity index (χ2n) is 6.97. The summed E-state index contributed by atoms with van der Waals surface area (Å²) in [6.45, 7) is 9.25. The van der Waals surface area contributed by atoms with Crippen LogP contribution in [0.4, 0.5) is 0 Å². The van der Waals surface area contributed by atoms with Crippen LogP contribution in [-0.2, 0) is 18.3 Å². The zero-order valence-electron chi connectivity index (χ0n) is 16.2. The molecule has 1 heterocycles. The van der Waals surface area contributed by atoms with Crippen molar-refractivity contribution in [2.75, 3.05) is 19.8 Å². The lowest BCUT2D eigenvalue weighted by molar-refractivity contribution is 0.145. The Morgan fingerprint density at radius 2 is 2.04 bits per heavy atom. The van der Waals surface area contributed by atoms with E-state index >= 15 is 0 Å². The lowest BCUT2D eigenvalue weighted by atomic mass is 9.87. The molecule has 25 heavy (non-hydrogen) atoms. The maximum atomic E-state index is 5.40. The Balaban J connectivity index is 1.90. The second kappa shape index (κ2) is 10.4. The maximum absolute atomic E-state index is 5.40. The summed E-state index contributed by atoms with van der Waals surface area (Å²) < 4.78 is 7.39. The lowest BCUT2D eigenvalue weighted by Crippen LogP contribution is -2.45. The molecule has 0 aromatic carbocycles. The fraction of sp³-hybridized carbons (Fsp3) is 0.833. The summed E-state index contributed by atoms with van der Waals surface area (Å²) in [7, 11) is 1.98. The summed E-state index contributed by atoms with van der Waals surface area (Å²) in [6, 6.07) is 0.510. The normalized spacial score (nSPS) is 21.4. The Morgan fingerprint density at radius 3 is 2.68 bits per heavy atom. The van der Waals surface area contributed by atoms with Crippen LogP contribution in [0.1, 0.15) is 57.6 Å². The fourth-order valence-corrected chi connectivity index (χ4v) is 3.01. The quantitative estimate of drug-likeness (QED) is 0.427. The molecule has 1 saturated carbocycles. The molecule has 7 heteroatoms. The number of aliphatic imine (C=N–C) groups is 1. The van der Waals surface area contributed by atoms with E-state index in [0.717, 1.165) is 49.7 Å². The highest BCUT2D eigenvalue weighted by molar-refractivity contribution is 5.80. The Kier molecular flexibility index (Phi) is 8.18. The van der Waals surface area contributed by atoms with Gasteiger partial charge in [-0.1, -0.05) is 6.92 Å². The van der Waals surface area contributed by atoms with Crippen molar-refractivity contribution < 1.29 is 4.74 Å². The molecule has 0 amide bonds. The molecule has 1 fully saturated rings. The van der Waals surface area contributed by atoms with Crippen molar-refractivity contribution in [1.29, 1.82) is 0 Å². The van der Waals surface area contributed by atoms with Crippen LogP contribution in [0, 0.1) is 12.8 Å². The number of nitrogens with one attached hydrogen (secondary N) is 2. The standard InChI is InChI=1S/C18H34N6O/c1-5-25-12-6-11-19-18(21-16-9-7-14(2)8-10-16)20-13-17-23-22-15(3)24(17)4/h14,16H,5-13H2,1-4H3,(H2,19,20,21). The Bertz CT molecular complexity index is 534. The number of nitrogens with zero attached hydrogens (tertiary/aromatic N) is 4. The minimum Gasteiger partial charge on any atom is -0.382 e. The molecule has 0 spiro atoms. The predicted molar refractivity (Wildman–Crippen MR) is 101 cm³/mol. The summed E-state index contributed by atoms with van der Waals surface area (Å²) in [5, 5.41) is 15.3. The first kappa shape index (κ1) is 19.7. The SMILES string of the molecule is CCOCCCNC(=NCc1nnc(C)n1C)NC1CCC(C)CC1. The van der Waals surface area contributed by atoms with Gasteiger partial charge in [0.1, 0.15) is 12.4 Å². The number of hydrogen-bond acceptors (Lipinski definition) is 4. The predicted octanol–water partition coefficient (Wildman–Crippen LogP) is 2.16. The zero-order valence-corrected chi connectivity index (χ0v) is 16.2. The van der Waals surface area contributed by atoms with E-state index in [0.29, 0.717) is 12.6 Å². The van der Waals surface area contributed by atoms with E-state index in [2.05, 4.69) is 27.8 Å². The minimum absolute atomic E-state index is 0.510. The molecule has 0 saturated heterocycles. The first-order valence-corrected chi connectivity index (χ1v) is 9.57. The molecule has 1 aromatic heterocycles. The van der Waals surface area contributed by atoms with Gasteiger partial charge in [0, 0.05) is 32.8 Å². The van der Waals surface area contributed by atoms with Crippen molar-refractivity contribution in [2.24, 2.45) is 18.0 Å². The number of guanidine groups is 1. The van der Waals surface area contributed by atoms with Crippen LogP contribution in [0.15, 0.2) is 4.99 Å². The highest BCUT2D eigenvalue weighted by Gasteiger charge is 2.19. The van der Waals surface area contributed by atoms with E-state index < -0.39 is 0 Å². The second-order valence-corrected chi connectivity index (χ2v) is 6.97. The number of aromatic nitrogens is 3. The van der Waals surface area contributed by atoms with Gasteiger partial charge in [-0.3, -0.25) is 0 Å². The third-order valence-corrected chi connectivity index (χ3v) is 4.88. The van der Waals surface area contributed by atoms with E-state index in [1.54, 1.807) is 0 Å².